The van der Waals surface area contributed by atoms with Gasteiger partial charge in [-0.05, 0) is 56.3 Å². The van der Waals surface area contributed by atoms with Gasteiger partial charge in [0.1, 0.15) is 0 Å². The number of carbonyl (C=O) groups is 2. The van der Waals surface area contributed by atoms with Gasteiger partial charge in [0.15, 0.2) is 0 Å². The zero-order valence-corrected chi connectivity index (χ0v) is 14.4. The molecule has 128 valence electrons. The fraction of sp³-hybridized carbons (Fsp3) is 0.789. The maximum absolute atomic E-state index is 13.4. The highest BCUT2D eigenvalue weighted by atomic mass is 16.5. The molecule has 0 aromatic carbocycles. The predicted octanol–water partition coefficient (Wildman–Crippen LogP) is 3.03. The third-order valence-electron chi connectivity index (χ3n) is 6.23. The van der Waals surface area contributed by atoms with Crippen LogP contribution in [0.25, 0.3) is 0 Å². The number of hydrogen-bond donors (Lipinski definition) is 0. The van der Waals surface area contributed by atoms with Crippen molar-refractivity contribution in [1.82, 2.24) is 4.90 Å². The smallest absolute Gasteiger partial charge is 0.310 e. The van der Waals surface area contributed by atoms with Gasteiger partial charge in [0, 0.05) is 13.1 Å². The maximum Gasteiger partial charge on any atom is 0.310 e. The van der Waals surface area contributed by atoms with E-state index in [0.717, 1.165) is 37.0 Å². The van der Waals surface area contributed by atoms with Crippen LogP contribution in [0.15, 0.2) is 12.7 Å². The molecule has 1 atom stereocenters. The third kappa shape index (κ3) is 3.05. The first-order valence-electron chi connectivity index (χ1n) is 8.95. The number of methoxy groups -OCH3 is 1. The monoisotopic (exact) mass is 319 g/mol. The molecular weight excluding hydrogens is 290 g/mol. The zero-order valence-electron chi connectivity index (χ0n) is 14.4. The van der Waals surface area contributed by atoms with Crippen molar-refractivity contribution < 1.29 is 14.3 Å². The first-order valence-corrected chi connectivity index (χ1v) is 8.95. The highest BCUT2D eigenvalue weighted by molar-refractivity contribution is 5.84. The highest BCUT2D eigenvalue weighted by Crippen LogP contribution is 2.60. The van der Waals surface area contributed by atoms with Crippen LogP contribution in [0.4, 0.5) is 0 Å². The topological polar surface area (TPSA) is 46.6 Å². The lowest BCUT2D eigenvalue weighted by atomic mass is 9.49. The van der Waals surface area contributed by atoms with Crippen LogP contribution in [0.5, 0.6) is 0 Å². The molecular formula is C19H29NO3. The molecule has 4 saturated carbocycles. The molecule has 4 aliphatic rings. The maximum atomic E-state index is 13.4. The number of amides is 1. The SMILES string of the molecule is C=CCN(CC(C)C(=O)OC)C(=O)C12CC3CC(CC(C3)C1)C2. The van der Waals surface area contributed by atoms with E-state index in [1.165, 1.54) is 26.4 Å². The summed E-state index contributed by atoms with van der Waals surface area (Å²) in [4.78, 5) is 26.9. The summed E-state index contributed by atoms with van der Waals surface area (Å²) >= 11 is 0. The van der Waals surface area contributed by atoms with Crippen molar-refractivity contribution in [3.63, 3.8) is 0 Å². The molecule has 0 saturated heterocycles. The fourth-order valence-corrected chi connectivity index (χ4v) is 5.71. The molecule has 4 nitrogen and oxygen atoms in total. The lowest BCUT2D eigenvalue weighted by Gasteiger charge is -2.56. The summed E-state index contributed by atoms with van der Waals surface area (Å²) in [7, 11) is 1.40. The molecule has 0 radical (unpaired) electrons. The molecule has 0 spiro atoms. The van der Waals surface area contributed by atoms with Crippen molar-refractivity contribution in [1.29, 1.82) is 0 Å². The standard InChI is InChI=1S/C19H29NO3/c1-4-5-20(12-13(2)17(21)23-3)18(22)19-9-14-6-15(10-19)8-16(7-14)11-19/h4,13-16H,1,5-12H2,2-3H3. The number of ether oxygens (including phenoxy) is 1. The molecule has 23 heavy (non-hydrogen) atoms. The van der Waals surface area contributed by atoms with E-state index in [0.29, 0.717) is 13.1 Å². The molecule has 4 aliphatic carbocycles. The van der Waals surface area contributed by atoms with E-state index in [2.05, 4.69) is 6.58 Å². The Morgan fingerprint density at radius 3 is 2.17 bits per heavy atom. The van der Waals surface area contributed by atoms with Crippen LogP contribution in [0.2, 0.25) is 0 Å². The van der Waals surface area contributed by atoms with Gasteiger partial charge in [0.25, 0.3) is 0 Å². The third-order valence-corrected chi connectivity index (χ3v) is 6.23. The van der Waals surface area contributed by atoms with Crippen molar-refractivity contribution in [2.24, 2.45) is 29.1 Å². The molecule has 4 heteroatoms. The minimum Gasteiger partial charge on any atom is -0.469 e. The van der Waals surface area contributed by atoms with E-state index in [9.17, 15) is 9.59 Å². The number of esters is 1. The van der Waals surface area contributed by atoms with Crippen molar-refractivity contribution in [2.45, 2.75) is 45.4 Å². The van der Waals surface area contributed by atoms with Gasteiger partial charge < -0.3 is 9.64 Å². The summed E-state index contributed by atoms with van der Waals surface area (Å²) in [6.07, 6.45) is 8.91. The van der Waals surface area contributed by atoms with Gasteiger partial charge in [-0.25, -0.2) is 0 Å². The Hall–Kier alpha value is -1.32. The fourth-order valence-electron chi connectivity index (χ4n) is 5.71. The summed E-state index contributed by atoms with van der Waals surface area (Å²) in [5, 5.41) is 0. The summed E-state index contributed by atoms with van der Waals surface area (Å²) < 4.78 is 4.82. The van der Waals surface area contributed by atoms with Crippen LogP contribution in [-0.4, -0.2) is 37.0 Å². The molecule has 0 N–H and O–H groups in total. The van der Waals surface area contributed by atoms with Gasteiger partial charge in [-0.15, -0.1) is 6.58 Å². The number of nitrogens with zero attached hydrogens (tertiary/aromatic N) is 1. The summed E-state index contributed by atoms with van der Waals surface area (Å²) in [6.45, 7) is 6.57. The Bertz CT molecular complexity index is 464. The molecule has 0 aliphatic heterocycles. The van der Waals surface area contributed by atoms with Gasteiger partial charge >= 0.3 is 5.97 Å². The normalized spacial score (nSPS) is 35.7. The summed E-state index contributed by atoms with van der Waals surface area (Å²) in [6, 6.07) is 0. The van der Waals surface area contributed by atoms with E-state index < -0.39 is 0 Å². The van der Waals surface area contributed by atoms with Gasteiger partial charge in [-0.3, -0.25) is 9.59 Å². The summed E-state index contributed by atoms with van der Waals surface area (Å²) in [5.41, 5.74) is -0.159. The van der Waals surface area contributed by atoms with Gasteiger partial charge in [-0.1, -0.05) is 13.0 Å². The molecule has 0 aromatic heterocycles. The Morgan fingerprint density at radius 1 is 1.22 bits per heavy atom. The average molecular weight is 319 g/mol. The van der Waals surface area contributed by atoms with Crippen LogP contribution >= 0.6 is 0 Å². The zero-order chi connectivity index (χ0) is 16.6. The lowest BCUT2D eigenvalue weighted by molar-refractivity contribution is -0.159. The Balaban J connectivity index is 1.75. The van der Waals surface area contributed by atoms with Gasteiger partial charge in [0.05, 0.1) is 18.4 Å². The largest absolute Gasteiger partial charge is 0.469 e. The van der Waals surface area contributed by atoms with E-state index in [4.69, 9.17) is 4.74 Å². The van der Waals surface area contributed by atoms with Gasteiger partial charge in [-0.2, -0.15) is 0 Å². The summed E-state index contributed by atoms with van der Waals surface area (Å²) in [5.74, 6) is 1.94. The van der Waals surface area contributed by atoms with Crippen LogP contribution in [0, 0.1) is 29.1 Å². The minimum absolute atomic E-state index is 0.159. The van der Waals surface area contributed by atoms with E-state index in [1.807, 2.05) is 11.8 Å². The number of hydrogen-bond acceptors (Lipinski definition) is 3. The van der Waals surface area contributed by atoms with Crippen LogP contribution < -0.4 is 0 Å². The predicted molar refractivity (Wildman–Crippen MR) is 88.6 cm³/mol. The van der Waals surface area contributed by atoms with Crippen molar-refractivity contribution in [2.75, 3.05) is 20.2 Å². The van der Waals surface area contributed by atoms with Crippen molar-refractivity contribution in [3.05, 3.63) is 12.7 Å². The first-order chi connectivity index (χ1) is 11.0. The number of rotatable bonds is 6. The second-order valence-electron chi connectivity index (χ2n) is 8.12. The molecule has 0 aromatic rings. The van der Waals surface area contributed by atoms with Crippen LogP contribution in [-0.2, 0) is 14.3 Å². The van der Waals surface area contributed by atoms with Crippen LogP contribution in [0.3, 0.4) is 0 Å². The van der Waals surface area contributed by atoms with E-state index >= 15 is 0 Å². The average Bonchev–Trinajstić information content (AvgIpc) is 2.51. The second-order valence-corrected chi connectivity index (χ2v) is 8.12. The second kappa shape index (κ2) is 6.29. The molecule has 4 rings (SSSR count). The quantitative estimate of drug-likeness (QED) is 0.558. The molecule has 4 bridgehead atoms. The Morgan fingerprint density at radius 2 is 1.74 bits per heavy atom. The van der Waals surface area contributed by atoms with E-state index in [-0.39, 0.29) is 23.2 Å². The lowest BCUT2D eigenvalue weighted by Crippen LogP contribution is -2.55. The van der Waals surface area contributed by atoms with E-state index in [1.54, 1.807) is 6.08 Å². The van der Waals surface area contributed by atoms with Gasteiger partial charge in [0.2, 0.25) is 5.91 Å². The minimum atomic E-state index is -0.294. The first kappa shape index (κ1) is 16.5. The highest BCUT2D eigenvalue weighted by Gasteiger charge is 2.55. The van der Waals surface area contributed by atoms with Crippen molar-refractivity contribution in [3.8, 4) is 0 Å². The van der Waals surface area contributed by atoms with Crippen molar-refractivity contribution >= 4 is 11.9 Å². The Labute approximate surface area is 139 Å². The Kier molecular flexibility index (Phi) is 4.52. The molecule has 1 unspecified atom stereocenters. The van der Waals surface area contributed by atoms with Crippen LogP contribution in [0.1, 0.15) is 45.4 Å². The molecule has 0 heterocycles. The molecule has 1 amide bonds. The number of carbonyl (C=O) groups excluding carboxylic acids is 2. The molecule has 4 fully saturated rings.